The molecule has 6 heteroatoms. The molecule has 0 saturated carbocycles. The highest BCUT2D eigenvalue weighted by atomic mass is 127. The Bertz CT molecular complexity index is 465. The Morgan fingerprint density at radius 1 is 1.42 bits per heavy atom. The van der Waals surface area contributed by atoms with Gasteiger partial charge in [-0.1, -0.05) is 6.92 Å². The second-order valence-electron chi connectivity index (χ2n) is 4.53. The Morgan fingerprint density at radius 3 is 2.58 bits per heavy atom. The largest absolute Gasteiger partial charge is 0.397 e. The number of hydrogen-bond acceptors (Lipinski definition) is 3. The fraction of sp³-hybridized carbons (Fsp3) is 0.462. The third-order valence-corrected chi connectivity index (χ3v) is 3.56. The standard InChI is InChI=1S/C13H19FIN3O/c1-4-5-18(8-13(19)17(2)3)12-6-9(14)10(15)7-11(12)16/h6-7H,4-5,8,16H2,1-3H3. The van der Waals surface area contributed by atoms with Crippen LogP contribution in [-0.2, 0) is 4.79 Å². The van der Waals surface area contributed by atoms with Crippen LogP contribution in [0.3, 0.4) is 0 Å². The molecule has 0 aliphatic heterocycles. The lowest BCUT2D eigenvalue weighted by atomic mass is 10.2. The van der Waals surface area contributed by atoms with Crippen LogP contribution in [0.25, 0.3) is 0 Å². The zero-order valence-electron chi connectivity index (χ0n) is 11.4. The quantitative estimate of drug-likeness (QED) is 0.631. The van der Waals surface area contributed by atoms with E-state index in [0.29, 0.717) is 21.5 Å². The Morgan fingerprint density at radius 2 is 2.05 bits per heavy atom. The van der Waals surface area contributed by atoms with Gasteiger partial charge in [0.25, 0.3) is 0 Å². The molecule has 106 valence electrons. The van der Waals surface area contributed by atoms with E-state index in [4.69, 9.17) is 5.73 Å². The highest BCUT2D eigenvalue weighted by Gasteiger charge is 2.16. The van der Waals surface area contributed by atoms with E-state index in [2.05, 4.69) is 0 Å². The molecule has 0 unspecified atom stereocenters. The lowest BCUT2D eigenvalue weighted by Gasteiger charge is -2.26. The van der Waals surface area contributed by atoms with Crippen LogP contribution in [0.4, 0.5) is 15.8 Å². The summed E-state index contributed by atoms with van der Waals surface area (Å²) in [6.45, 7) is 2.86. The van der Waals surface area contributed by atoms with Gasteiger partial charge >= 0.3 is 0 Å². The average Bonchev–Trinajstić information content (AvgIpc) is 2.33. The van der Waals surface area contributed by atoms with Crippen molar-refractivity contribution in [1.82, 2.24) is 4.90 Å². The first-order valence-electron chi connectivity index (χ1n) is 6.06. The number of carbonyl (C=O) groups is 1. The van der Waals surface area contributed by atoms with Crippen LogP contribution in [0.2, 0.25) is 0 Å². The molecular weight excluding hydrogens is 360 g/mol. The van der Waals surface area contributed by atoms with Crippen molar-refractivity contribution < 1.29 is 9.18 Å². The number of nitrogens with zero attached hydrogens (tertiary/aromatic N) is 2. The number of benzene rings is 1. The van der Waals surface area contributed by atoms with Gasteiger partial charge in [-0.2, -0.15) is 0 Å². The lowest BCUT2D eigenvalue weighted by molar-refractivity contribution is -0.127. The Balaban J connectivity index is 3.05. The average molecular weight is 379 g/mol. The van der Waals surface area contributed by atoms with E-state index in [1.165, 1.54) is 11.0 Å². The van der Waals surface area contributed by atoms with E-state index in [1.54, 1.807) is 20.2 Å². The van der Waals surface area contributed by atoms with Gasteiger partial charge in [0.1, 0.15) is 5.82 Å². The third kappa shape index (κ3) is 4.22. The van der Waals surface area contributed by atoms with E-state index in [1.807, 2.05) is 34.4 Å². The summed E-state index contributed by atoms with van der Waals surface area (Å²) in [5.74, 6) is -0.352. The SMILES string of the molecule is CCCN(CC(=O)N(C)C)c1cc(F)c(I)cc1N. The number of likely N-dealkylation sites (N-methyl/N-ethyl adjacent to an activating group) is 1. The molecule has 0 radical (unpaired) electrons. The summed E-state index contributed by atoms with van der Waals surface area (Å²) < 4.78 is 14.2. The normalized spacial score (nSPS) is 10.4. The minimum Gasteiger partial charge on any atom is -0.397 e. The van der Waals surface area contributed by atoms with Crippen molar-refractivity contribution in [1.29, 1.82) is 0 Å². The molecule has 0 aliphatic rings. The predicted octanol–water partition coefficient (Wildman–Crippen LogP) is 2.32. The van der Waals surface area contributed by atoms with Gasteiger partial charge in [-0.05, 0) is 35.1 Å². The molecule has 0 fully saturated rings. The van der Waals surface area contributed by atoms with Crippen molar-refractivity contribution in [2.24, 2.45) is 0 Å². The molecule has 1 amide bonds. The molecular formula is C13H19FIN3O. The van der Waals surface area contributed by atoms with Gasteiger partial charge in [0.15, 0.2) is 0 Å². The van der Waals surface area contributed by atoms with Crippen molar-refractivity contribution in [3.05, 3.63) is 21.5 Å². The van der Waals surface area contributed by atoms with Gasteiger partial charge in [-0.15, -0.1) is 0 Å². The molecule has 0 bridgehead atoms. The van der Waals surface area contributed by atoms with Gasteiger partial charge in [-0.3, -0.25) is 4.79 Å². The van der Waals surface area contributed by atoms with Gasteiger partial charge in [0.2, 0.25) is 5.91 Å². The van der Waals surface area contributed by atoms with Crippen LogP contribution in [0.1, 0.15) is 13.3 Å². The van der Waals surface area contributed by atoms with Crippen LogP contribution < -0.4 is 10.6 Å². The summed E-state index contributed by atoms with van der Waals surface area (Å²) in [5, 5.41) is 0. The summed E-state index contributed by atoms with van der Waals surface area (Å²) in [7, 11) is 3.40. The number of nitrogens with two attached hydrogens (primary N) is 1. The molecule has 0 saturated heterocycles. The maximum Gasteiger partial charge on any atom is 0.241 e. The first-order valence-corrected chi connectivity index (χ1v) is 7.14. The van der Waals surface area contributed by atoms with E-state index < -0.39 is 0 Å². The third-order valence-electron chi connectivity index (χ3n) is 2.73. The van der Waals surface area contributed by atoms with Gasteiger partial charge < -0.3 is 15.5 Å². The number of anilines is 2. The zero-order valence-corrected chi connectivity index (χ0v) is 13.6. The van der Waals surface area contributed by atoms with Crippen LogP contribution in [0.15, 0.2) is 12.1 Å². The van der Waals surface area contributed by atoms with Crippen molar-refractivity contribution in [3.63, 3.8) is 0 Å². The minimum absolute atomic E-state index is 0.0354. The maximum absolute atomic E-state index is 13.7. The Labute approximate surface area is 126 Å². The Hall–Kier alpha value is -1.05. The monoisotopic (exact) mass is 379 g/mol. The first-order chi connectivity index (χ1) is 8.86. The molecule has 0 atom stereocenters. The molecule has 0 aliphatic carbocycles. The summed E-state index contributed by atoms with van der Waals surface area (Å²) in [6.07, 6.45) is 0.855. The first kappa shape index (κ1) is 16.0. The number of hydrogen-bond donors (Lipinski definition) is 1. The molecule has 0 spiro atoms. The van der Waals surface area contributed by atoms with Crippen molar-refractivity contribution in [2.45, 2.75) is 13.3 Å². The van der Waals surface area contributed by atoms with E-state index in [9.17, 15) is 9.18 Å². The zero-order chi connectivity index (χ0) is 14.6. The van der Waals surface area contributed by atoms with Crippen LogP contribution in [0, 0.1) is 9.39 Å². The molecule has 2 N–H and O–H groups in total. The summed E-state index contributed by atoms with van der Waals surface area (Å²) in [4.78, 5) is 15.1. The minimum atomic E-state index is -0.316. The highest BCUT2D eigenvalue weighted by molar-refractivity contribution is 14.1. The molecule has 1 rings (SSSR count). The van der Waals surface area contributed by atoms with Crippen LogP contribution in [0.5, 0.6) is 0 Å². The number of nitrogen functional groups attached to an aromatic ring is 1. The fourth-order valence-corrected chi connectivity index (χ4v) is 2.18. The molecule has 4 nitrogen and oxygen atoms in total. The number of rotatable bonds is 5. The van der Waals surface area contributed by atoms with Crippen LogP contribution in [-0.4, -0.2) is 38.0 Å². The number of amides is 1. The second kappa shape index (κ2) is 6.93. The smallest absolute Gasteiger partial charge is 0.241 e. The molecule has 19 heavy (non-hydrogen) atoms. The van der Waals surface area contributed by atoms with E-state index >= 15 is 0 Å². The Kier molecular flexibility index (Phi) is 5.84. The molecule has 0 heterocycles. The number of carbonyl (C=O) groups excluding carboxylic acids is 1. The van der Waals surface area contributed by atoms with Gasteiger partial charge in [0.05, 0.1) is 21.5 Å². The van der Waals surface area contributed by atoms with Gasteiger partial charge in [-0.25, -0.2) is 4.39 Å². The topological polar surface area (TPSA) is 49.6 Å². The predicted molar refractivity (Wildman–Crippen MR) is 84.7 cm³/mol. The van der Waals surface area contributed by atoms with E-state index in [0.717, 1.165) is 6.42 Å². The molecule has 0 aromatic heterocycles. The molecule has 1 aromatic rings. The number of halogens is 2. The van der Waals surface area contributed by atoms with E-state index in [-0.39, 0.29) is 18.3 Å². The molecule has 1 aromatic carbocycles. The highest BCUT2D eigenvalue weighted by Crippen LogP contribution is 2.27. The van der Waals surface area contributed by atoms with Gasteiger partial charge in [0, 0.05) is 26.7 Å². The summed E-state index contributed by atoms with van der Waals surface area (Å²) in [6, 6.07) is 2.99. The van der Waals surface area contributed by atoms with Crippen molar-refractivity contribution >= 4 is 39.9 Å². The summed E-state index contributed by atoms with van der Waals surface area (Å²) >= 11 is 1.90. The lowest BCUT2D eigenvalue weighted by Crippen LogP contribution is -2.37. The summed E-state index contributed by atoms with van der Waals surface area (Å²) in [5.41, 5.74) is 7.01. The van der Waals surface area contributed by atoms with Crippen molar-refractivity contribution in [3.8, 4) is 0 Å². The maximum atomic E-state index is 13.7. The van der Waals surface area contributed by atoms with Crippen molar-refractivity contribution in [2.75, 3.05) is 37.8 Å². The fourth-order valence-electron chi connectivity index (χ4n) is 1.68. The second-order valence-corrected chi connectivity index (χ2v) is 5.70. The van der Waals surface area contributed by atoms with Crippen LogP contribution >= 0.6 is 22.6 Å².